The molecule has 82 valence electrons. The van der Waals surface area contributed by atoms with Crippen molar-refractivity contribution in [1.82, 2.24) is 0 Å². The van der Waals surface area contributed by atoms with Crippen LogP contribution in [0.25, 0.3) is 0 Å². The first kappa shape index (κ1) is 11.3. The Hall–Kier alpha value is -1.19. The fourth-order valence-electron chi connectivity index (χ4n) is 1.25. The molecule has 0 spiro atoms. The number of halogens is 2. The molecule has 0 atom stereocenters. The molecule has 0 aromatic heterocycles. The SMILES string of the molecule is Nc1ccc(Oc2ccccc2Cl)c(Br)c1. The summed E-state index contributed by atoms with van der Waals surface area (Å²) in [5, 5.41) is 0.575. The molecule has 0 fully saturated rings. The van der Waals surface area contributed by atoms with Crippen LogP contribution in [0, 0.1) is 0 Å². The maximum absolute atomic E-state index is 5.99. The third kappa shape index (κ3) is 2.49. The van der Waals surface area contributed by atoms with E-state index in [4.69, 9.17) is 22.1 Å². The summed E-state index contributed by atoms with van der Waals surface area (Å²) in [6, 6.07) is 12.7. The number of hydrogen-bond donors (Lipinski definition) is 1. The van der Waals surface area contributed by atoms with Gasteiger partial charge in [0, 0.05) is 5.69 Å². The van der Waals surface area contributed by atoms with E-state index >= 15 is 0 Å². The number of para-hydroxylation sites is 1. The predicted molar refractivity (Wildman–Crippen MR) is 70.1 cm³/mol. The molecule has 0 aliphatic rings. The fraction of sp³-hybridized carbons (Fsp3) is 0. The highest BCUT2D eigenvalue weighted by molar-refractivity contribution is 9.10. The van der Waals surface area contributed by atoms with E-state index in [2.05, 4.69) is 15.9 Å². The van der Waals surface area contributed by atoms with Crippen LogP contribution >= 0.6 is 27.5 Å². The first-order valence-electron chi connectivity index (χ1n) is 4.64. The largest absolute Gasteiger partial charge is 0.455 e. The number of anilines is 1. The van der Waals surface area contributed by atoms with Crippen molar-refractivity contribution in [2.45, 2.75) is 0 Å². The van der Waals surface area contributed by atoms with Gasteiger partial charge in [-0.3, -0.25) is 0 Å². The summed E-state index contributed by atoms with van der Waals surface area (Å²) < 4.78 is 6.46. The molecule has 0 amide bonds. The maximum Gasteiger partial charge on any atom is 0.146 e. The second-order valence-corrected chi connectivity index (χ2v) is 4.48. The number of nitrogens with two attached hydrogens (primary N) is 1. The highest BCUT2D eigenvalue weighted by Crippen LogP contribution is 2.34. The zero-order chi connectivity index (χ0) is 11.5. The lowest BCUT2D eigenvalue weighted by molar-refractivity contribution is 0.480. The summed E-state index contributed by atoms with van der Waals surface area (Å²) in [7, 11) is 0. The predicted octanol–water partition coefficient (Wildman–Crippen LogP) is 4.48. The molecule has 0 unspecified atom stereocenters. The maximum atomic E-state index is 5.99. The standard InChI is InChI=1S/C12H9BrClNO/c13-9-7-8(15)5-6-11(9)16-12-4-2-1-3-10(12)14/h1-7H,15H2. The van der Waals surface area contributed by atoms with Crippen molar-refractivity contribution in [3.8, 4) is 11.5 Å². The molecule has 0 saturated carbocycles. The number of rotatable bonds is 2. The van der Waals surface area contributed by atoms with Crippen LogP contribution in [-0.4, -0.2) is 0 Å². The van der Waals surface area contributed by atoms with E-state index in [1.165, 1.54) is 0 Å². The molecule has 2 nitrogen and oxygen atoms in total. The molecule has 2 aromatic carbocycles. The van der Waals surface area contributed by atoms with Gasteiger partial charge in [-0.2, -0.15) is 0 Å². The van der Waals surface area contributed by atoms with Crippen molar-refractivity contribution < 1.29 is 4.74 Å². The Morgan fingerprint density at radius 1 is 1.06 bits per heavy atom. The Morgan fingerprint density at radius 3 is 2.50 bits per heavy atom. The van der Waals surface area contributed by atoms with Crippen molar-refractivity contribution in [2.75, 3.05) is 5.73 Å². The van der Waals surface area contributed by atoms with Crippen LogP contribution in [0.3, 0.4) is 0 Å². The van der Waals surface area contributed by atoms with Crippen molar-refractivity contribution in [3.63, 3.8) is 0 Å². The Kier molecular flexibility index (Phi) is 3.36. The minimum absolute atomic E-state index is 0.575. The van der Waals surface area contributed by atoms with Gasteiger partial charge in [-0.1, -0.05) is 23.7 Å². The van der Waals surface area contributed by atoms with E-state index in [-0.39, 0.29) is 0 Å². The van der Waals surface area contributed by atoms with Crippen molar-refractivity contribution in [3.05, 3.63) is 52.0 Å². The van der Waals surface area contributed by atoms with Gasteiger partial charge < -0.3 is 10.5 Å². The lowest BCUT2D eigenvalue weighted by Crippen LogP contribution is -1.89. The molecule has 2 rings (SSSR count). The number of benzene rings is 2. The van der Waals surface area contributed by atoms with Gasteiger partial charge in [0.05, 0.1) is 9.50 Å². The van der Waals surface area contributed by atoms with E-state index in [0.717, 1.165) is 4.47 Å². The zero-order valence-corrected chi connectivity index (χ0v) is 10.6. The molecule has 4 heteroatoms. The third-order valence-electron chi connectivity index (χ3n) is 2.01. The summed E-state index contributed by atoms with van der Waals surface area (Å²) in [5.41, 5.74) is 6.32. The molecule has 0 aliphatic heterocycles. The number of hydrogen-bond acceptors (Lipinski definition) is 2. The van der Waals surface area contributed by atoms with E-state index in [1.807, 2.05) is 18.2 Å². The monoisotopic (exact) mass is 297 g/mol. The lowest BCUT2D eigenvalue weighted by Gasteiger charge is -2.09. The molecular weight excluding hydrogens is 289 g/mol. The van der Waals surface area contributed by atoms with E-state index in [9.17, 15) is 0 Å². The quantitative estimate of drug-likeness (QED) is 0.830. The zero-order valence-electron chi connectivity index (χ0n) is 8.28. The summed E-state index contributed by atoms with van der Waals surface area (Å²) >= 11 is 9.37. The van der Waals surface area contributed by atoms with Crippen LogP contribution in [0.15, 0.2) is 46.9 Å². The van der Waals surface area contributed by atoms with Gasteiger partial charge in [0.2, 0.25) is 0 Å². The normalized spacial score (nSPS) is 10.1. The van der Waals surface area contributed by atoms with Crippen molar-refractivity contribution >= 4 is 33.2 Å². The number of ether oxygens (including phenoxy) is 1. The summed E-state index contributed by atoms with van der Waals surface area (Å²) in [5.74, 6) is 1.30. The van der Waals surface area contributed by atoms with Crippen LogP contribution in [0.2, 0.25) is 5.02 Å². The highest BCUT2D eigenvalue weighted by atomic mass is 79.9. The fourth-order valence-corrected chi connectivity index (χ4v) is 1.90. The number of nitrogen functional groups attached to an aromatic ring is 1. The molecule has 0 heterocycles. The van der Waals surface area contributed by atoms with Crippen LogP contribution in [-0.2, 0) is 0 Å². The van der Waals surface area contributed by atoms with Gasteiger partial charge in [-0.05, 0) is 46.3 Å². The second kappa shape index (κ2) is 4.76. The Morgan fingerprint density at radius 2 is 1.81 bits per heavy atom. The van der Waals surface area contributed by atoms with Gasteiger partial charge in [-0.15, -0.1) is 0 Å². The Labute approximate surface area is 107 Å². The Bertz CT molecular complexity index is 516. The smallest absolute Gasteiger partial charge is 0.146 e. The van der Waals surface area contributed by atoms with Crippen molar-refractivity contribution in [2.24, 2.45) is 0 Å². The molecule has 2 N–H and O–H groups in total. The molecular formula is C12H9BrClNO. The van der Waals surface area contributed by atoms with E-state index in [1.54, 1.807) is 24.3 Å². The minimum atomic E-state index is 0.575. The average Bonchev–Trinajstić information content (AvgIpc) is 2.25. The van der Waals surface area contributed by atoms with Gasteiger partial charge in [0.1, 0.15) is 11.5 Å². The first-order chi connectivity index (χ1) is 7.66. The average molecular weight is 299 g/mol. The van der Waals surface area contributed by atoms with Gasteiger partial charge in [-0.25, -0.2) is 0 Å². The summed E-state index contributed by atoms with van der Waals surface area (Å²) in [6.07, 6.45) is 0. The van der Waals surface area contributed by atoms with E-state index < -0.39 is 0 Å². The second-order valence-electron chi connectivity index (χ2n) is 3.22. The molecule has 0 bridgehead atoms. The van der Waals surface area contributed by atoms with Crippen LogP contribution in [0.1, 0.15) is 0 Å². The third-order valence-corrected chi connectivity index (χ3v) is 2.94. The van der Waals surface area contributed by atoms with Crippen LogP contribution in [0.4, 0.5) is 5.69 Å². The summed E-state index contributed by atoms with van der Waals surface area (Å²) in [4.78, 5) is 0. The molecule has 0 saturated heterocycles. The van der Waals surface area contributed by atoms with Gasteiger partial charge in [0.15, 0.2) is 0 Å². The topological polar surface area (TPSA) is 35.2 Å². The molecule has 0 radical (unpaired) electrons. The molecule has 16 heavy (non-hydrogen) atoms. The molecule has 2 aromatic rings. The van der Waals surface area contributed by atoms with Gasteiger partial charge in [0.25, 0.3) is 0 Å². The first-order valence-corrected chi connectivity index (χ1v) is 5.81. The van der Waals surface area contributed by atoms with Crippen molar-refractivity contribution in [1.29, 1.82) is 0 Å². The van der Waals surface area contributed by atoms with E-state index in [0.29, 0.717) is 22.2 Å². The van der Waals surface area contributed by atoms with Gasteiger partial charge >= 0.3 is 0 Å². The summed E-state index contributed by atoms with van der Waals surface area (Å²) in [6.45, 7) is 0. The minimum Gasteiger partial charge on any atom is -0.455 e. The van der Waals surface area contributed by atoms with Crippen LogP contribution < -0.4 is 10.5 Å². The Balaban J connectivity index is 2.31. The highest BCUT2D eigenvalue weighted by Gasteiger charge is 2.05. The lowest BCUT2D eigenvalue weighted by atomic mass is 10.3. The van der Waals surface area contributed by atoms with Crippen LogP contribution in [0.5, 0.6) is 11.5 Å². The molecule has 0 aliphatic carbocycles.